The van der Waals surface area contributed by atoms with E-state index in [9.17, 15) is 5.11 Å². The van der Waals surface area contributed by atoms with Gasteiger partial charge in [-0.15, -0.1) is 0 Å². The van der Waals surface area contributed by atoms with Crippen LogP contribution in [0.1, 0.15) is 12.5 Å². The van der Waals surface area contributed by atoms with Gasteiger partial charge in [0.1, 0.15) is 0 Å². The number of phenolic OH excluding ortho intramolecular Hbond substituents is 1. The summed E-state index contributed by atoms with van der Waals surface area (Å²) in [4.78, 5) is 0. The lowest BCUT2D eigenvalue weighted by molar-refractivity contribution is -0.686. The van der Waals surface area contributed by atoms with Gasteiger partial charge >= 0.3 is 0 Å². The van der Waals surface area contributed by atoms with Crippen molar-refractivity contribution in [2.75, 3.05) is 20.8 Å². The molecular formula is C21H22BrNO4. The lowest BCUT2D eigenvalue weighted by Gasteiger charge is -2.18. The highest BCUT2D eigenvalue weighted by atomic mass is 79.9. The first-order valence-electron chi connectivity index (χ1n) is 8.73. The third-order valence-electron chi connectivity index (χ3n) is 4.89. The minimum Gasteiger partial charge on any atom is -1.00 e. The maximum absolute atomic E-state index is 10.3. The fourth-order valence-corrected chi connectivity index (χ4v) is 3.67. The number of phenols is 1. The molecular weight excluding hydrogens is 410 g/mol. The molecule has 1 aliphatic heterocycles. The second kappa shape index (κ2) is 7.64. The van der Waals surface area contributed by atoms with Crippen LogP contribution in [0.4, 0.5) is 0 Å². The number of aromatic nitrogens is 1. The number of hydrogen-bond acceptors (Lipinski definition) is 4. The Hall–Kier alpha value is -2.47. The van der Waals surface area contributed by atoms with Crippen LogP contribution in [-0.4, -0.2) is 25.9 Å². The molecule has 0 unspecified atom stereocenters. The van der Waals surface area contributed by atoms with E-state index in [1.807, 2.05) is 25.1 Å². The molecule has 1 aromatic heterocycles. The molecule has 0 amide bonds. The summed E-state index contributed by atoms with van der Waals surface area (Å²) in [5, 5.41) is 12.4. The molecule has 0 saturated heterocycles. The van der Waals surface area contributed by atoms with Gasteiger partial charge in [-0.3, -0.25) is 0 Å². The number of hydrogen-bond donors (Lipinski definition) is 1. The Bertz CT molecular complexity index is 1000. The van der Waals surface area contributed by atoms with Crippen LogP contribution in [0.25, 0.3) is 22.0 Å². The lowest BCUT2D eigenvalue weighted by Crippen LogP contribution is -3.00. The van der Waals surface area contributed by atoms with E-state index < -0.39 is 0 Å². The second-order valence-corrected chi connectivity index (χ2v) is 6.32. The smallest absolute Gasteiger partial charge is 0.213 e. The van der Waals surface area contributed by atoms with E-state index in [1.54, 1.807) is 20.3 Å². The van der Waals surface area contributed by atoms with E-state index in [0.29, 0.717) is 12.4 Å². The van der Waals surface area contributed by atoms with Crippen LogP contribution in [0, 0.1) is 0 Å². The van der Waals surface area contributed by atoms with E-state index in [0.717, 1.165) is 46.5 Å². The summed E-state index contributed by atoms with van der Waals surface area (Å²) in [5.74, 6) is 2.18. The van der Waals surface area contributed by atoms with Gasteiger partial charge in [0, 0.05) is 12.5 Å². The molecule has 2 aromatic carbocycles. The van der Waals surface area contributed by atoms with Gasteiger partial charge in [0.05, 0.1) is 31.8 Å². The summed E-state index contributed by atoms with van der Waals surface area (Å²) < 4.78 is 18.7. The van der Waals surface area contributed by atoms with E-state index >= 15 is 0 Å². The Labute approximate surface area is 168 Å². The predicted octanol–water partition coefficient (Wildman–Crippen LogP) is 0.476. The quantitative estimate of drug-likeness (QED) is 0.610. The molecule has 0 radical (unpaired) electrons. The Morgan fingerprint density at radius 2 is 1.89 bits per heavy atom. The van der Waals surface area contributed by atoms with Gasteiger partial charge in [0.25, 0.3) is 0 Å². The van der Waals surface area contributed by atoms with Crippen LogP contribution in [-0.2, 0) is 13.0 Å². The first-order chi connectivity index (χ1) is 12.7. The van der Waals surface area contributed by atoms with Gasteiger partial charge in [0.2, 0.25) is 5.69 Å². The Kier molecular flexibility index (Phi) is 5.46. The van der Waals surface area contributed by atoms with Crippen LogP contribution in [0.5, 0.6) is 23.0 Å². The molecule has 1 aliphatic rings. The number of halogens is 1. The van der Waals surface area contributed by atoms with Crippen molar-refractivity contribution in [3.8, 4) is 34.3 Å². The number of methoxy groups -OCH3 is 2. The number of pyridine rings is 1. The molecule has 142 valence electrons. The summed E-state index contributed by atoms with van der Waals surface area (Å²) >= 11 is 0. The van der Waals surface area contributed by atoms with E-state index in [4.69, 9.17) is 14.2 Å². The van der Waals surface area contributed by atoms with Crippen molar-refractivity contribution in [2.24, 2.45) is 0 Å². The van der Waals surface area contributed by atoms with Crippen molar-refractivity contribution in [1.82, 2.24) is 0 Å². The average molecular weight is 432 g/mol. The average Bonchev–Trinajstić information content (AvgIpc) is 2.66. The number of benzene rings is 2. The van der Waals surface area contributed by atoms with Crippen molar-refractivity contribution in [2.45, 2.75) is 19.9 Å². The number of aryl methyl sites for hydroxylation is 2. The topological polar surface area (TPSA) is 51.8 Å². The van der Waals surface area contributed by atoms with E-state index in [-0.39, 0.29) is 22.7 Å². The van der Waals surface area contributed by atoms with Crippen molar-refractivity contribution < 1.29 is 40.9 Å². The molecule has 0 saturated carbocycles. The Balaban J connectivity index is 0.00000210. The fourth-order valence-electron chi connectivity index (χ4n) is 3.67. The van der Waals surface area contributed by atoms with Crippen LogP contribution >= 0.6 is 0 Å². The minimum absolute atomic E-state index is 0. The number of ether oxygens (including phenoxy) is 3. The molecule has 6 heteroatoms. The third-order valence-corrected chi connectivity index (χ3v) is 4.89. The first kappa shape index (κ1) is 19.3. The van der Waals surface area contributed by atoms with Crippen molar-refractivity contribution in [3.63, 3.8) is 0 Å². The molecule has 0 bridgehead atoms. The summed E-state index contributed by atoms with van der Waals surface area (Å²) in [6, 6.07) is 9.83. The lowest BCUT2D eigenvalue weighted by atomic mass is 9.95. The molecule has 5 nitrogen and oxygen atoms in total. The largest absolute Gasteiger partial charge is 1.00 e. The monoisotopic (exact) mass is 431 g/mol. The van der Waals surface area contributed by atoms with Gasteiger partial charge < -0.3 is 36.3 Å². The van der Waals surface area contributed by atoms with Gasteiger partial charge in [-0.1, -0.05) is 0 Å². The number of rotatable bonds is 4. The van der Waals surface area contributed by atoms with Crippen LogP contribution in [0.2, 0.25) is 0 Å². The zero-order chi connectivity index (χ0) is 18.3. The van der Waals surface area contributed by atoms with Crippen molar-refractivity contribution >= 4 is 10.8 Å². The molecule has 0 fully saturated rings. The summed E-state index contributed by atoms with van der Waals surface area (Å²) in [7, 11) is 3.30. The summed E-state index contributed by atoms with van der Waals surface area (Å²) in [5.41, 5.74) is 3.30. The van der Waals surface area contributed by atoms with Crippen LogP contribution in [0.3, 0.4) is 0 Å². The Morgan fingerprint density at radius 3 is 2.59 bits per heavy atom. The molecule has 4 rings (SSSR count). The third kappa shape index (κ3) is 3.18. The van der Waals surface area contributed by atoms with Gasteiger partial charge in [-0.2, -0.15) is 4.57 Å². The van der Waals surface area contributed by atoms with Crippen molar-refractivity contribution in [3.05, 3.63) is 42.1 Å². The van der Waals surface area contributed by atoms with Gasteiger partial charge in [-0.05, 0) is 42.1 Å². The van der Waals surface area contributed by atoms with E-state index in [1.165, 1.54) is 5.56 Å². The van der Waals surface area contributed by atoms with Gasteiger partial charge in [-0.25, -0.2) is 0 Å². The molecule has 0 atom stereocenters. The summed E-state index contributed by atoms with van der Waals surface area (Å²) in [6.07, 6.45) is 2.98. The maximum atomic E-state index is 10.3. The normalized spacial score (nSPS) is 12.0. The zero-order valence-electron chi connectivity index (χ0n) is 15.6. The highest BCUT2D eigenvalue weighted by Crippen LogP contribution is 2.39. The molecule has 27 heavy (non-hydrogen) atoms. The predicted molar refractivity (Wildman–Crippen MR) is 99.2 cm³/mol. The molecule has 0 spiro atoms. The molecule has 3 aromatic rings. The first-order valence-corrected chi connectivity index (χ1v) is 8.73. The zero-order valence-corrected chi connectivity index (χ0v) is 17.2. The van der Waals surface area contributed by atoms with Gasteiger partial charge in [0.15, 0.2) is 35.7 Å². The number of aromatic hydroxyl groups is 1. The minimum atomic E-state index is 0. The van der Waals surface area contributed by atoms with Crippen molar-refractivity contribution in [1.29, 1.82) is 0 Å². The van der Waals surface area contributed by atoms with E-state index in [2.05, 4.69) is 16.8 Å². The number of fused-ring (bicyclic) bond motifs is 4. The second-order valence-electron chi connectivity index (χ2n) is 6.32. The molecule has 0 aliphatic carbocycles. The fraction of sp³-hybridized carbons (Fsp3) is 0.286. The highest BCUT2D eigenvalue weighted by molar-refractivity contribution is 5.91. The van der Waals surface area contributed by atoms with Crippen LogP contribution < -0.4 is 35.8 Å². The SMILES string of the molecule is CCOc1cc2c(cc1O)-c1cc3ccc(OC)c(OC)c3c[n+]1CC2.[Br-]. The summed E-state index contributed by atoms with van der Waals surface area (Å²) in [6.45, 7) is 3.30. The van der Waals surface area contributed by atoms with Crippen LogP contribution in [0.15, 0.2) is 36.5 Å². The Morgan fingerprint density at radius 1 is 1.07 bits per heavy atom. The standard InChI is InChI=1S/C21H21NO4.BrH/c1-4-26-20-10-14-7-8-22-12-16-13(5-6-19(24-2)21(16)25-3)9-17(22)15(14)11-18(20)23;/h5-6,9-12H,4,7-8H2,1-3H3;1H. The number of nitrogens with zero attached hydrogens (tertiary/aromatic N) is 1. The molecule has 1 N–H and O–H groups in total. The molecule has 2 heterocycles. The maximum Gasteiger partial charge on any atom is 0.213 e. The highest BCUT2D eigenvalue weighted by Gasteiger charge is 2.26.